The number of carbonyl (C=O) groups excluding carboxylic acids is 1. The second-order valence-electron chi connectivity index (χ2n) is 6.47. The maximum absolute atomic E-state index is 12.8. The molecule has 4 nitrogen and oxygen atoms in total. The summed E-state index contributed by atoms with van der Waals surface area (Å²) in [7, 11) is 0. The first-order valence-electron chi connectivity index (χ1n) is 8.79. The molecular formula is C19H30N2O2. The van der Waals surface area contributed by atoms with E-state index in [2.05, 4.69) is 30.6 Å². The maximum Gasteiger partial charge on any atom is 0.177 e. The van der Waals surface area contributed by atoms with Gasteiger partial charge in [0.2, 0.25) is 0 Å². The van der Waals surface area contributed by atoms with Crippen molar-refractivity contribution in [2.75, 3.05) is 45.9 Å². The second kappa shape index (κ2) is 8.46. The van der Waals surface area contributed by atoms with Crippen LogP contribution in [0.2, 0.25) is 0 Å². The van der Waals surface area contributed by atoms with Crippen LogP contribution in [0, 0.1) is 0 Å². The first kappa shape index (κ1) is 18.0. The number of carbonyl (C=O) groups is 1. The number of likely N-dealkylation sites (N-methyl/N-ethyl adjacent to an activating group) is 1. The van der Waals surface area contributed by atoms with Crippen molar-refractivity contribution in [3.63, 3.8) is 0 Å². The van der Waals surface area contributed by atoms with Crippen molar-refractivity contribution in [1.82, 2.24) is 9.80 Å². The number of nitrogens with zero attached hydrogens (tertiary/aromatic N) is 2. The molecule has 1 aliphatic heterocycles. The van der Waals surface area contributed by atoms with E-state index in [0.717, 1.165) is 49.6 Å². The Labute approximate surface area is 140 Å². The summed E-state index contributed by atoms with van der Waals surface area (Å²) in [5.74, 6) is 1.39. The van der Waals surface area contributed by atoms with Crippen molar-refractivity contribution in [3.8, 4) is 5.75 Å². The number of piperazine rings is 1. The number of benzene rings is 1. The summed E-state index contributed by atoms with van der Waals surface area (Å²) in [5, 5.41) is 0. The molecular weight excluding hydrogens is 288 g/mol. The molecule has 0 saturated carbocycles. The molecule has 1 aliphatic rings. The van der Waals surface area contributed by atoms with Crippen LogP contribution in [0.4, 0.5) is 0 Å². The lowest BCUT2D eigenvalue weighted by atomic mass is 9.94. The van der Waals surface area contributed by atoms with Crippen LogP contribution in [-0.2, 0) is 0 Å². The van der Waals surface area contributed by atoms with E-state index in [1.54, 1.807) is 0 Å². The van der Waals surface area contributed by atoms with Crippen LogP contribution < -0.4 is 4.74 Å². The first-order chi connectivity index (χ1) is 11.0. The van der Waals surface area contributed by atoms with Gasteiger partial charge in [0, 0.05) is 31.7 Å². The van der Waals surface area contributed by atoms with Gasteiger partial charge in [0.05, 0.1) is 13.2 Å². The van der Waals surface area contributed by atoms with Crippen molar-refractivity contribution in [2.45, 2.75) is 33.6 Å². The Morgan fingerprint density at radius 3 is 2.35 bits per heavy atom. The molecule has 0 amide bonds. The highest BCUT2D eigenvalue weighted by Gasteiger charge is 2.21. The van der Waals surface area contributed by atoms with Gasteiger partial charge in [0.15, 0.2) is 5.78 Å². The van der Waals surface area contributed by atoms with E-state index < -0.39 is 0 Å². The lowest BCUT2D eigenvalue weighted by molar-refractivity contribution is 0.0858. The molecule has 23 heavy (non-hydrogen) atoms. The summed E-state index contributed by atoms with van der Waals surface area (Å²) in [5.41, 5.74) is 1.94. The molecule has 4 heteroatoms. The molecule has 1 fully saturated rings. The van der Waals surface area contributed by atoms with Crippen LogP contribution in [-0.4, -0.2) is 61.5 Å². The van der Waals surface area contributed by atoms with E-state index in [1.165, 1.54) is 0 Å². The SMILES string of the molecule is CCOc1ccc(C(=O)CN2CCN(CC)CC2)c(C(C)C)c1. The summed E-state index contributed by atoms with van der Waals surface area (Å²) in [6, 6.07) is 5.87. The summed E-state index contributed by atoms with van der Waals surface area (Å²) >= 11 is 0. The smallest absolute Gasteiger partial charge is 0.177 e. The van der Waals surface area contributed by atoms with Crippen LogP contribution in [0.1, 0.15) is 49.5 Å². The third-order valence-electron chi connectivity index (χ3n) is 4.54. The first-order valence-corrected chi connectivity index (χ1v) is 8.79. The highest BCUT2D eigenvalue weighted by molar-refractivity contribution is 5.99. The third-order valence-corrected chi connectivity index (χ3v) is 4.54. The molecule has 128 valence electrons. The minimum atomic E-state index is 0.224. The fourth-order valence-electron chi connectivity index (χ4n) is 3.08. The predicted molar refractivity (Wildman–Crippen MR) is 94.6 cm³/mol. The van der Waals surface area contributed by atoms with Crippen LogP contribution in [0.3, 0.4) is 0 Å². The number of Topliss-reactive ketones (excluding diaryl/α,β-unsaturated/α-hetero) is 1. The number of ether oxygens (including phenoxy) is 1. The molecule has 2 rings (SSSR count). The largest absolute Gasteiger partial charge is 0.494 e. The zero-order valence-electron chi connectivity index (χ0n) is 15.0. The average molecular weight is 318 g/mol. The molecule has 0 aliphatic carbocycles. The molecule has 1 heterocycles. The van der Waals surface area contributed by atoms with Gasteiger partial charge in [-0.25, -0.2) is 0 Å². The third kappa shape index (κ3) is 4.79. The number of ketones is 1. The second-order valence-corrected chi connectivity index (χ2v) is 6.47. The van der Waals surface area contributed by atoms with Crippen LogP contribution in [0.15, 0.2) is 18.2 Å². The molecule has 0 radical (unpaired) electrons. The van der Waals surface area contributed by atoms with E-state index in [0.29, 0.717) is 19.1 Å². The molecule has 1 aromatic rings. The van der Waals surface area contributed by atoms with E-state index >= 15 is 0 Å². The van der Waals surface area contributed by atoms with E-state index in [4.69, 9.17) is 4.74 Å². The number of hydrogen-bond acceptors (Lipinski definition) is 4. The normalized spacial score (nSPS) is 16.7. The molecule has 0 bridgehead atoms. The average Bonchev–Trinajstić information content (AvgIpc) is 2.55. The van der Waals surface area contributed by atoms with Gasteiger partial charge in [0.25, 0.3) is 0 Å². The Bertz CT molecular complexity index is 520. The highest BCUT2D eigenvalue weighted by atomic mass is 16.5. The monoisotopic (exact) mass is 318 g/mol. The van der Waals surface area contributed by atoms with E-state index in [-0.39, 0.29) is 5.78 Å². The predicted octanol–water partition coefficient (Wildman–Crippen LogP) is 3.03. The Hall–Kier alpha value is -1.39. The van der Waals surface area contributed by atoms with Crippen LogP contribution >= 0.6 is 0 Å². The fourth-order valence-corrected chi connectivity index (χ4v) is 3.08. The zero-order valence-corrected chi connectivity index (χ0v) is 15.0. The summed E-state index contributed by atoms with van der Waals surface area (Å²) < 4.78 is 5.58. The van der Waals surface area contributed by atoms with E-state index in [9.17, 15) is 4.79 Å². The summed E-state index contributed by atoms with van der Waals surface area (Å²) in [6.07, 6.45) is 0. The van der Waals surface area contributed by atoms with Gasteiger partial charge in [-0.15, -0.1) is 0 Å². The van der Waals surface area contributed by atoms with Crippen molar-refractivity contribution in [3.05, 3.63) is 29.3 Å². The topological polar surface area (TPSA) is 32.8 Å². The van der Waals surface area contributed by atoms with Crippen molar-refractivity contribution in [1.29, 1.82) is 0 Å². The van der Waals surface area contributed by atoms with E-state index in [1.807, 2.05) is 25.1 Å². The molecule has 0 unspecified atom stereocenters. The Balaban J connectivity index is 2.06. The zero-order chi connectivity index (χ0) is 16.8. The molecule has 1 aromatic carbocycles. The number of hydrogen-bond donors (Lipinski definition) is 0. The Morgan fingerprint density at radius 2 is 1.78 bits per heavy atom. The van der Waals surface area contributed by atoms with Crippen LogP contribution in [0.5, 0.6) is 5.75 Å². The Morgan fingerprint density at radius 1 is 1.13 bits per heavy atom. The molecule has 0 atom stereocenters. The quantitative estimate of drug-likeness (QED) is 0.724. The van der Waals surface area contributed by atoms with Gasteiger partial charge in [-0.3, -0.25) is 9.69 Å². The fraction of sp³-hybridized carbons (Fsp3) is 0.632. The standard InChI is InChI=1S/C19H30N2O2/c1-5-20-9-11-21(12-10-20)14-19(22)17-8-7-16(23-6-2)13-18(17)15(3)4/h7-8,13,15H,5-6,9-12,14H2,1-4H3. The minimum Gasteiger partial charge on any atom is -0.494 e. The maximum atomic E-state index is 12.8. The lowest BCUT2D eigenvalue weighted by Crippen LogP contribution is -2.47. The van der Waals surface area contributed by atoms with Crippen molar-refractivity contribution < 1.29 is 9.53 Å². The van der Waals surface area contributed by atoms with Crippen LogP contribution in [0.25, 0.3) is 0 Å². The molecule has 0 N–H and O–H groups in total. The van der Waals surface area contributed by atoms with Gasteiger partial charge in [0.1, 0.15) is 5.75 Å². The van der Waals surface area contributed by atoms with Crippen molar-refractivity contribution in [2.24, 2.45) is 0 Å². The Kier molecular flexibility index (Phi) is 6.60. The molecule has 0 aromatic heterocycles. The van der Waals surface area contributed by atoms with Gasteiger partial charge >= 0.3 is 0 Å². The highest BCUT2D eigenvalue weighted by Crippen LogP contribution is 2.25. The summed E-state index contributed by atoms with van der Waals surface area (Å²) in [6.45, 7) is 14.8. The van der Waals surface area contributed by atoms with Gasteiger partial charge in [-0.1, -0.05) is 20.8 Å². The van der Waals surface area contributed by atoms with Gasteiger partial charge in [-0.05, 0) is 43.1 Å². The minimum absolute atomic E-state index is 0.224. The molecule has 0 spiro atoms. The van der Waals surface area contributed by atoms with Crippen molar-refractivity contribution >= 4 is 5.78 Å². The summed E-state index contributed by atoms with van der Waals surface area (Å²) in [4.78, 5) is 17.5. The molecule has 1 saturated heterocycles. The van der Waals surface area contributed by atoms with Gasteiger partial charge < -0.3 is 9.64 Å². The number of rotatable bonds is 7. The van der Waals surface area contributed by atoms with Gasteiger partial charge in [-0.2, -0.15) is 0 Å². The lowest BCUT2D eigenvalue weighted by Gasteiger charge is -2.33.